The number of fused-ring (bicyclic) bond motifs is 2. The molecule has 0 radical (unpaired) electrons. The summed E-state index contributed by atoms with van der Waals surface area (Å²) in [6.07, 6.45) is 1.25. The van der Waals surface area contributed by atoms with Crippen LogP contribution in [0, 0.1) is 0 Å². The number of ether oxygens (including phenoxy) is 2. The second kappa shape index (κ2) is 3.95. The molecule has 4 nitrogen and oxygen atoms in total. The Balaban J connectivity index is 1.65. The standard InChI is InChI=1S/C15H10O4/c1-2-6-11-10(5-1)9-14(19-18-11)15-16-12-7-3-4-8-13(12)17-15/h1-9,15H. The van der Waals surface area contributed by atoms with Crippen LogP contribution in [0.1, 0.15) is 5.56 Å². The van der Waals surface area contributed by atoms with Gasteiger partial charge in [0.15, 0.2) is 17.2 Å². The van der Waals surface area contributed by atoms with Gasteiger partial charge in [0.1, 0.15) is 0 Å². The van der Waals surface area contributed by atoms with Gasteiger partial charge in [0, 0.05) is 11.6 Å². The first-order valence-electron chi connectivity index (χ1n) is 5.98. The molecule has 19 heavy (non-hydrogen) atoms. The molecule has 94 valence electrons. The zero-order chi connectivity index (χ0) is 12.7. The minimum absolute atomic E-state index is 0.495. The van der Waals surface area contributed by atoms with Gasteiger partial charge in [-0.2, -0.15) is 0 Å². The molecule has 0 saturated carbocycles. The van der Waals surface area contributed by atoms with Crippen LogP contribution in [-0.4, -0.2) is 6.29 Å². The molecule has 0 N–H and O–H groups in total. The highest BCUT2D eigenvalue weighted by Gasteiger charge is 2.31. The van der Waals surface area contributed by atoms with E-state index in [0.717, 1.165) is 5.56 Å². The van der Waals surface area contributed by atoms with Gasteiger partial charge in [-0.05, 0) is 18.2 Å². The van der Waals surface area contributed by atoms with E-state index in [1.165, 1.54) is 0 Å². The van der Waals surface area contributed by atoms with E-state index in [2.05, 4.69) is 0 Å². The summed E-state index contributed by atoms with van der Waals surface area (Å²) in [5, 5.41) is 0. The van der Waals surface area contributed by atoms with Gasteiger partial charge in [-0.1, -0.05) is 30.3 Å². The molecule has 4 rings (SSSR count). The molecule has 0 amide bonds. The van der Waals surface area contributed by atoms with Crippen molar-refractivity contribution in [1.82, 2.24) is 0 Å². The zero-order valence-electron chi connectivity index (χ0n) is 9.91. The Labute approximate surface area is 109 Å². The van der Waals surface area contributed by atoms with Crippen LogP contribution in [0.4, 0.5) is 0 Å². The van der Waals surface area contributed by atoms with Gasteiger partial charge in [0.25, 0.3) is 0 Å². The third-order valence-electron chi connectivity index (χ3n) is 2.99. The predicted octanol–water partition coefficient (Wildman–Crippen LogP) is 3.15. The second-order valence-electron chi connectivity index (χ2n) is 4.27. The SMILES string of the molecule is C1=C(C2Oc3ccccc3O2)OOc2ccccc21. The van der Waals surface area contributed by atoms with Crippen LogP contribution in [0.3, 0.4) is 0 Å². The average molecular weight is 254 g/mol. The van der Waals surface area contributed by atoms with Gasteiger partial charge in [0.05, 0.1) is 0 Å². The summed E-state index contributed by atoms with van der Waals surface area (Å²) in [6, 6.07) is 15.1. The number of hydrogen-bond acceptors (Lipinski definition) is 4. The monoisotopic (exact) mass is 254 g/mol. The number of benzene rings is 2. The van der Waals surface area contributed by atoms with Gasteiger partial charge in [-0.15, -0.1) is 0 Å². The summed E-state index contributed by atoms with van der Waals surface area (Å²) in [5.41, 5.74) is 0.937. The van der Waals surface area contributed by atoms with Crippen molar-refractivity contribution in [2.75, 3.05) is 0 Å². The van der Waals surface area contributed by atoms with Crippen molar-refractivity contribution < 1.29 is 19.2 Å². The molecular formula is C15H10O4. The number of para-hydroxylation sites is 3. The highest BCUT2D eigenvalue weighted by Crippen LogP contribution is 2.38. The Bertz CT molecular complexity index is 638. The van der Waals surface area contributed by atoms with Gasteiger partial charge in [0.2, 0.25) is 5.76 Å². The van der Waals surface area contributed by atoms with E-state index >= 15 is 0 Å². The predicted molar refractivity (Wildman–Crippen MR) is 67.6 cm³/mol. The fraction of sp³-hybridized carbons (Fsp3) is 0.0667. The summed E-state index contributed by atoms with van der Waals surface area (Å²) in [7, 11) is 0. The summed E-state index contributed by atoms with van der Waals surface area (Å²) in [6.45, 7) is 0. The van der Waals surface area contributed by atoms with Crippen LogP contribution >= 0.6 is 0 Å². The maximum atomic E-state index is 5.67. The lowest BCUT2D eigenvalue weighted by atomic mass is 10.1. The molecule has 2 aromatic carbocycles. The van der Waals surface area contributed by atoms with Gasteiger partial charge < -0.3 is 9.47 Å². The molecule has 0 aromatic heterocycles. The van der Waals surface area contributed by atoms with E-state index in [1.54, 1.807) is 0 Å². The van der Waals surface area contributed by atoms with Crippen molar-refractivity contribution in [2.24, 2.45) is 0 Å². The van der Waals surface area contributed by atoms with E-state index < -0.39 is 6.29 Å². The number of hydrogen-bond donors (Lipinski definition) is 0. The average Bonchev–Trinajstić information content (AvgIpc) is 2.90. The lowest BCUT2D eigenvalue weighted by molar-refractivity contribution is -0.193. The molecular weight excluding hydrogens is 244 g/mol. The quantitative estimate of drug-likeness (QED) is 0.732. The smallest absolute Gasteiger partial charge is 0.305 e. The van der Waals surface area contributed by atoms with Crippen molar-refractivity contribution in [3.63, 3.8) is 0 Å². The highest BCUT2D eigenvalue weighted by atomic mass is 17.2. The van der Waals surface area contributed by atoms with Crippen LogP contribution in [0.25, 0.3) is 6.08 Å². The van der Waals surface area contributed by atoms with Crippen molar-refractivity contribution in [3.8, 4) is 17.2 Å². The Hall–Kier alpha value is -2.62. The molecule has 0 spiro atoms. The Morgan fingerprint density at radius 1 is 0.684 bits per heavy atom. The second-order valence-corrected chi connectivity index (χ2v) is 4.27. The summed E-state index contributed by atoms with van der Waals surface area (Å²) in [5.74, 6) is 2.59. The van der Waals surface area contributed by atoms with E-state index in [-0.39, 0.29) is 0 Å². The normalized spacial score (nSPS) is 16.1. The molecule has 2 heterocycles. The molecule has 0 unspecified atom stereocenters. The molecule has 0 bridgehead atoms. The highest BCUT2D eigenvalue weighted by molar-refractivity contribution is 5.60. The molecule has 2 aromatic rings. The first-order chi connectivity index (χ1) is 9.40. The topological polar surface area (TPSA) is 36.9 Å². The largest absolute Gasteiger partial charge is 0.444 e. The van der Waals surface area contributed by atoms with E-state index in [1.807, 2.05) is 54.6 Å². The van der Waals surface area contributed by atoms with E-state index in [0.29, 0.717) is 23.0 Å². The fourth-order valence-corrected chi connectivity index (χ4v) is 2.07. The summed E-state index contributed by atoms with van der Waals surface area (Å²) < 4.78 is 11.3. The minimum atomic E-state index is -0.606. The van der Waals surface area contributed by atoms with E-state index in [9.17, 15) is 0 Å². The lowest BCUT2D eigenvalue weighted by Crippen LogP contribution is -2.25. The van der Waals surface area contributed by atoms with Crippen molar-refractivity contribution in [2.45, 2.75) is 6.29 Å². The van der Waals surface area contributed by atoms with E-state index in [4.69, 9.17) is 19.2 Å². The molecule has 2 aliphatic heterocycles. The van der Waals surface area contributed by atoms with Crippen LogP contribution in [-0.2, 0) is 4.89 Å². The van der Waals surface area contributed by atoms with Gasteiger partial charge in [-0.25, -0.2) is 0 Å². The van der Waals surface area contributed by atoms with Crippen LogP contribution in [0.5, 0.6) is 17.2 Å². The fourth-order valence-electron chi connectivity index (χ4n) is 2.07. The maximum Gasteiger partial charge on any atom is 0.305 e. The molecule has 4 heteroatoms. The first-order valence-corrected chi connectivity index (χ1v) is 5.98. The lowest BCUT2D eigenvalue weighted by Gasteiger charge is -2.19. The molecule has 0 atom stereocenters. The molecule has 0 fully saturated rings. The van der Waals surface area contributed by atoms with Gasteiger partial charge >= 0.3 is 6.29 Å². The Morgan fingerprint density at radius 3 is 2.05 bits per heavy atom. The Kier molecular flexibility index (Phi) is 2.14. The van der Waals surface area contributed by atoms with Gasteiger partial charge in [-0.3, -0.25) is 9.78 Å². The third-order valence-corrected chi connectivity index (χ3v) is 2.99. The van der Waals surface area contributed by atoms with Crippen molar-refractivity contribution >= 4 is 6.08 Å². The molecule has 0 aliphatic carbocycles. The maximum absolute atomic E-state index is 5.67. The molecule has 0 saturated heterocycles. The first kappa shape index (κ1) is 10.3. The Morgan fingerprint density at radius 2 is 1.32 bits per heavy atom. The minimum Gasteiger partial charge on any atom is -0.444 e. The summed E-state index contributed by atoms with van der Waals surface area (Å²) >= 11 is 0. The van der Waals surface area contributed by atoms with Crippen molar-refractivity contribution in [1.29, 1.82) is 0 Å². The number of rotatable bonds is 1. The van der Waals surface area contributed by atoms with Crippen LogP contribution < -0.4 is 14.4 Å². The van der Waals surface area contributed by atoms with Crippen LogP contribution in [0.15, 0.2) is 54.3 Å². The molecule has 2 aliphatic rings. The summed E-state index contributed by atoms with van der Waals surface area (Å²) in [4.78, 5) is 10.4. The third kappa shape index (κ3) is 1.69. The zero-order valence-corrected chi connectivity index (χ0v) is 9.91. The van der Waals surface area contributed by atoms with Crippen LogP contribution in [0.2, 0.25) is 0 Å². The van der Waals surface area contributed by atoms with Crippen molar-refractivity contribution in [3.05, 3.63) is 59.9 Å².